The summed E-state index contributed by atoms with van der Waals surface area (Å²) in [5.41, 5.74) is 7.46. The largest absolute Gasteiger partial charge is 0.270 e. The van der Waals surface area contributed by atoms with Crippen LogP contribution in [0.4, 0.5) is 0 Å². The lowest BCUT2D eigenvalue weighted by atomic mass is 9.48. The smallest absolute Gasteiger partial charge is 0.267 e. The van der Waals surface area contributed by atoms with E-state index in [9.17, 15) is 9.59 Å². The molecule has 0 saturated heterocycles. The minimum absolute atomic E-state index is 0.136. The first-order valence-corrected chi connectivity index (χ1v) is 11.6. The van der Waals surface area contributed by atoms with Crippen LogP contribution in [0.15, 0.2) is 60.8 Å². The molecule has 4 saturated carbocycles. The Morgan fingerprint density at radius 3 is 2.22 bits per heavy atom. The molecule has 5 nitrogen and oxygen atoms in total. The first kappa shape index (κ1) is 19.5. The van der Waals surface area contributed by atoms with Gasteiger partial charge in [0.25, 0.3) is 11.8 Å². The van der Waals surface area contributed by atoms with Crippen molar-refractivity contribution in [1.82, 2.24) is 15.8 Å². The third kappa shape index (κ3) is 3.27. The molecule has 5 heteroatoms. The van der Waals surface area contributed by atoms with Crippen LogP contribution >= 0.6 is 0 Å². The van der Waals surface area contributed by atoms with Crippen LogP contribution in [0.2, 0.25) is 0 Å². The summed E-state index contributed by atoms with van der Waals surface area (Å²) < 4.78 is 0. The first-order valence-electron chi connectivity index (χ1n) is 11.6. The number of fused-ring (bicyclic) bond motifs is 1. The van der Waals surface area contributed by atoms with Crippen LogP contribution in [0, 0.1) is 17.8 Å². The van der Waals surface area contributed by atoms with Crippen molar-refractivity contribution in [2.75, 3.05) is 0 Å². The van der Waals surface area contributed by atoms with Gasteiger partial charge in [0, 0.05) is 28.4 Å². The lowest BCUT2D eigenvalue weighted by Gasteiger charge is -2.56. The number of benzene rings is 2. The second-order valence-corrected chi connectivity index (χ2v) is 10.1. The molecule has 162 valence electrons. The van der Waals surface area contributed by atoms with E-state index in [1.54, 1.807) is 18.3 Å². The molecular weight excluding hydrogens is 398 g/mol. The average Bonchev–Trinajstić information content (AvgIpc) is 2.81. The Bertz CT molecular complexity index is 1180. The van der Waals surface area contributed by atoms with Gasteiger partial charge in [-0.1, -0.05) is 36.4 Å². The molecule has 2 N–H and O–H groups in total. The van der Waals surface area contributed by atoms with Gasteiger partial charge >= 0.3 is 0 Å². The Kier molecular flexibility index (Phi) is 4.53. The fraction of sp³-hybridized carbons (Fsp3) is 0.370. The van der Waals surface area contributed by atoms with Crippen molar-refractivity contribution in [1.29, 1.82) is 0 Å². The molecule has 2 amide bonds. The molecule has 4 bridgehead atoms. The fourth-order valence-electron chi connectivity index (χ4n) is 6.96. The number of amides is 2. The van der Waals surface area contributed by atoms with Gasteiger partial charge in [0.15, 0.2) is 0 Å². The van der Waals surface area contributed by atoms with Crippen LogP contribution in [0.25, 0.3) is 10.8 Å². The molecule has 0 atom stereocenters. The normalized spacial score (nSPS) is 27.9. The van der Waals surface area contributed by atoms with E-state index < -0.39 is 0 Å². The molecule has 7 rings (SSSR count). The van der Waals surface area contributed by atoms with Crippen molar-refractivity contribution in [2.24, 2.45) is 17.8 Å². The summed E-state index contributed by atoms with van der Waals surface area (Å²) in [6.07, 6.45) is 9.48. The second-order valence-electron chi connectivity index (χ2n) is 10.1. The summed E-state index contributed by atoms with van der Waals surface area (Å²) >= 11 is 0. The lowest BCUT2D eigenvalue weighted by Crippen LogP contribution is -2.49. The van der Waals surface area contributed by atoms with Crippen molar-refractivity contribution in [2.45, 2.75) is 43.9 Å². The molecule has 0 spiro atoms. The molecule has 32 heavy (non-hydrogen) atoms. The van der Waals surface area contributed by atoms with E-state index in [-0.39, 0.29) is 17.2 Å². The monoisotopic (exact) mass is 425 g/mol. The van der Waals surface area contributed by atoms with Gasteiger partial charge in [-0.05, 0) is 85.3 Å². The summed E-state index contributed by atoms with van der Waals surface area (Å²) in [6.45, 7) is 0. The minimum atomic E-state index is -0.328. The van der Waals surface area contributed by atoms with E-state index in [0.29, 0.717) is 11.1 Å². The summed E-state index contributed by atoms with van der Waals surface area (Å²) in [7, 11) is 0. The predicted octanol–water partition coefficient (Wildman–Crippen LogP) is 4.78. The molecule has 1 heterocycles. The summed E-state index contributed by atoms with van der Waals surface area (Å²) in [6, 6.07) is 17.0. The Balaban J connectivity index is 1.19. The van der Waals surface area contributed by atoms with Crippen LogP contribution in [0.1, 0.15) is 64.9 Å². The van der Waals surface area contributed by atoms with Crippen molar-refractivity contribution in [3.8, 4) is 0 Å². The molecule has 0 radical (unpaired) electrons. The zero-order chi connectivity index (χ0) is 21.7. The highest BCUT2D eigenvalue weighted by Crippen LogP contribution is 2.60. The van der Waals surface area contributed by atoms with Crippen molar-refractivity contribution in [3.05, 3.63) is 77.6 Å². The number of hydrogen-bond acceptors (Lipinski definition) is 3. The van der Waals surface area contributed by atoms with Gasteiger partial charge in [-0.15, -0.1) is 0 Å². The highest BCUT2D eigenvalue weighted by Gasteiger charge is 2.52. The third-order valence-corrected chi connectivity index (χ3v) is 7.93. The highest BCUT2D eigenvalue weighted by atomic mass is 16.2. The van der Waals surface area contributed by atoms with Gasteiger partial charge < -0.3 is 0 Å². The standard InChI is InChI=1S/C27H27N3O2/c31-25(29-30-26(32)23-7-3-5-20-4-1-2-6-22(20)23)21-8-9-28-24(13-21)27-14-17-10-18(15-27)12-19(11-17)16-27/h1-9,13,17-19H,10-12,14-16H2,(H,29,31)(H,30,32). The number of aromatic nitrogens is 1. The quantitative estimate of drug-likeness (QED) is 0.594. The number of carbonyl (C=O) groups is 2. The first-order chi connectivity index (χ1) is 15.6. The summed E-state index contributed by atoms with van der Waals surface area (Å²) in [5, 5.41) is 1.84. The summed E-state index contributed by atoms with van der Waals surface area (Å²) in [4.78, 5) is 30.3. The lowest BCUT2D eigenvalue weighted by molar-refractivity contribution is -0.00722. The predicted molar refractivity (Wildman–Crippen MR) is 123 cm³/mol. The molecule has 4 fully saturated rings. The molecular formula is C27H27N3O2. The topological polar surface area (TPSA) is 71.1 Å². The van der Waals surface area contributed by atoms with Crippen molar-refractivity contribution in [3.63, 3.8) is 0 Å². The Hall–Kier alpha value is -3.21. The van der Waals surface area contributed by atoms with Gasteiger partial charge in [-0.2, -0.15) is 0 Å². The van der Waals surface area contributed by atoms with Crippen molar-refractivity contribution < 1.29 is 9.59 Å². The minimum Gasteiger partial charge on any atom is -0.267 e. The highest BCUT2D eigenvalue weighted by molar-refractivity contribution is 6.08. The molecule has 3 aromatic rings. The van der Waals surface area contributed by atoms with Crippen LogP contribution < -0.4 is 10.9 Å². The SMILES string of the molecule is O=C(NNC(=O)c1cccc2ccccc12)c1ccnc(C23CC4CC(CC(C4)C2)C3)c1. The number of carbonyl (C=O) groups excluding carboxylic acids is 2. The number of nitrogens with zero attached hydrogens (tertiary/aromatic N) is 1. The molecule has 1 aromatic heterocycles. The van der Waals surface area contributed by atoms with Gasteiger partial charge in [-0.3, -0.25) is 25.4 Å². The molecule has 4 aliphatic rings. The Morgan fingerprint density at radius 1 is 0.812 bits per heavy atom. The molecule has 2 aromatic carbocycles. The number of hydrazine groups is 1. The van der Waals surface area contributed by atoms with E-state index in [1.165, 1.54) is 38.5 Å². The van der Waals surface area contributed by atoms with Gasteiger partial charge in [0.2, 0.25) is 0 Å². The number of pyridine rings is 1. The maximum Gasteiger partial charge on any atom is 0.270 e. The zero-order valence-corrected chi connectivity index (χ0v) is 18.0. The van der Waals surface area contributed by atoms with Crippen molar-refractivity contribution >= 4 is 22.6 Å². The van der Waals surface area contributed by atoms with Crippen LogP contribution in [0.3, 0.4) is 0 Å². The van der Waals surface area contributed by atoms with Gasteiger partial charge in [0.1, 0.15) is 0 Å². The maximum atomic E-state index is 12.9. The van der Waals surface area contributed by atoms with E-state index in [2.05, 4.69) is 10.9 Å². The molecule has 0 aliphatic heterocycles. The third-order valence-electron chi connectivity index (χ3n) is 7.93. The van der Waals surface area contributed by atoms with Gasteiger partial charge in [-0.25, -0.2) is 0 Å². The maximum absolute atomic E-state index is 12.9. The molecule has 0 unspecified atom stereocenters. The van der Waals surface area contributed by atoms with E-state index in [4.69, 9.17) is 4.98 Å². The van der Waals surface area contributed by atoms with Crippen LogP contribution in [-0.2, 0) is 5.41 Å². The number of nitrogens with one attached hydrogen (secondary N) is 2. The van der Waals surface area contributed by atoms with E-state index in [0.717, 1.165) is 34.2 Å². The van der Waals surface area contributed by atoms with Crippen LogP contribution in [0.5, 0.6) is 0 Å². The number of rotatable bonds is 3. The summed E-state index contributed by atoms with van der Waals surface area (Å²) in [5.74, 6) is 1.82. The zero-order valence-electron chi connectivity index (χ0n) is 18.0. The van der Waals surface area contributed by atoms with Crippen LogP contribution in [-0.4, -0.2) is 16.8 Å². The number of hydrogen-bond donors (Lipinski definition) is 2. The van der Waals surface area contributed by atoms with Gasteiger partial charge in [0.05, 0.1) is 0 Å². The fourth-order valence-corrected chi connectivity index (χ4v) is 6.96. The average molecular weight is 426 g/mol. The molecule has 4 aliphatic carbocycles. The Morgan fingerprint density at radius 2 is 1.47 bits per heavy atom. The second kappa shape index (κ2) is 7.44. The Labute approximate surface area is 187 Å². The van der Waals surface area contributed by atoms with E-state index in [1.807, 2.05) is 42.5 Å². The van der Waals surface area contributed by atoms with E-state index >= 15 is 0 Å².